The summed E-state index contributed by atoms with van der Waals surface area (Å²) in [6.45, 7) is 0. The van der Waals surface area contributed by atoms with Gasteiger partial charge in [-0.3, -0.25) is 0 Å². The van der Waals surface area contributed by atoms with Gasteiger partial charge in [0.25, 0.3) is 0 Å². The standard InChI is InChI=1S/C27H24O4S/c28-25-23-22(15-26(31-25)11-4-1-5-12-26)29-27(18-10-13-32-16-18)14-21-19-7-3-2-6-17(19)8-9-20(21)24(23)30-27/h2-3,6-10,13,16,24H,1,4-5,11-12,14-15H2/t24?,27-/m0/s1. The Balaban J connectivity index is 1.44. The topological polar surface area (TPSA) is 44.8 Å². The fourth-order valence-electron chi connectivity index (χ4n) is 6.12. The van der Waals surface area contributed by atoms with Crippen molar-refractivity contribution in [2.45, 2.75) is 62.4 Å². The number of hydrogen-bond donors (Lipinski definition) is 0. The molecule has 0 saturated heterocycles. The summed E-state index contributed by atoms with van der Waals surface area (Å²) in [7, 11) is 0. The second-order valence-corrected chi connectivity index (χ2v) is 10.3. The van der Waals surface area contributed by atoms with Gasteiger partial charge in [0.15, 0.2) is 0 Å². The molecule has 1 saturated carbocycles. The summed E-state index contributed by atoms with van der Waals surface area (Å²) >= 11 is 1.64. The summed E-state index contributed by atoms with van der Waals surface area (Å²) in [6.07, 6.45) is 6.03. The van der Waals surface area contributed by atoms with Crippen molar-refractivity contribution in [1.82, 2.24) is 0 Å². The second-order valence-electron chi connectivity index (χ2n) is 9.54. The van der Waals surface area contributed by atoms with E-state index in [0.29, 0.717) is 18.4 Å². The van der Waals surface area contributed by atoms with Crippen molar-refractivity contribution < 1.29 is 19.0 Å². The Hall–Kier alpha value is -2.63. The molecule has 1 aromatic heterocycles. The van der Waals surface area contributed by atoms with Crippen molar-refractivity contribution in [2.24, 2.45) is 0 Å². The first-order valence-electron chi connectivity index (χ1n) is 11.5. The quantitative estimate of drug-likeness (QED) is 0.413. The van der Waals surface area contributed by atoms with Gasteiger partial charge in [0.2, 0.25) is 5.79 Å². The minimum absolute atomic E-state index is 0.266. The lowest BCUT2D eigenvalue weighted by Crippen LogP contribution is -2.50. The highest BCUT2D eigenvalue weighted by Gasteiger charge is 2.56. The van der Waals surface area contributed by atoms with Gasteiger partial charge in [-0.15, -0.1) is 0 Å². The van der Waals surface area contributed by atoms with Crippen molar-refractivity contribution in [1.29, 1.82) is 0 Å². The zero-order chi connectivity index (χ0) is 21.3. The Kier molecular flexibility index (Phi) is 3.95. The predicted octanol–water partition coefficient (Wildman–Crippen LogP) is 6.30. The molecular weight excluding hydrogens is 420 g/mol. The van der Waals surface area contributed by atoms with Gasteiger partial charge in [0, 0.05) is 23.8 Å². The normalized spacial score (nSPS) is 28.1. The average Bonchev–Trinajstić information content (AvgIpc) is 3.35. The number of hydrogen-bond acceptors (Lipinski definition) is 5. The van der Waals surface area contributed by atoms with Crippen LogP contribution in [0, 0.1) is 0 Å². The Bertz CT molecular complexity index is 1270. The molecule has 2 bridgehead atoms. The van der Waals surface area contributed by atoms with Gasteiger partial charge in [-0.2, -0.15) is 11.3 Å². The van der Waals surface area contributed by atoms with E-state index in [2.05, 4.69) is 53.2 Å². The van der Waals surface area contributed by atoms with E-state index in [9.17, 15) is 4.79 Å². The van der Waals surface area contributed by atoms with Gasteiger partial charge in [0.05, 0.1) is 0 Å². The summed E-state index contributed by atoms with van der Waals surface area (Å²) in [5.74, 6) is -0.392. The van der Waals surface area contributed by atoms with E-state index in [0.717, 1.165) is 42.6 Å². The van der Waals surface area contributed by atoms with Crippen molar-refractivity contribution in [3.05, 3.63) is 81.2 Å². The summed E-state index contributed by atoms with van der Waals surface area (Å²) < 4.78 is 19.6. The third-order valence-corrected chi connectivity index (χ3v) is 8.35. The molecule has 0 amide bonds. The fourth-order valence-corrected chi connectivity index (χ4v) is 6.82. The molecule has 0 N–H and O–H groups in total. The fraction of sp³-hybridized carbons (Fsp3) is 0.370. The minimum Gasteiger partial charge on any atom is -0.461 e. The third kappa shape index (κ3) is 2.61. The molecule has 4 aliphatic rings. The molecule has 1 fully saturated rings. The molecular formula is C27H24O4S. The van der Waals surface area contributed by atoms with Crippen molar-refractivity contribution >= 4 is 28.1 Å². The molecule has 1 unspecified atom stereocenters. The third-order valence-electron chi connectivity index (χ3n) is 7.67. The van der Waals surface area contributed by atoms with Crippen LogP contribution in [0.1, 0.15) is 61.3 Å². The minimum atomic E-state index is -0.909. The number of benzene rings is 2. The van der Waals surface area contributed by atoms with Crippen LogP contribution in [0.4, 0.5) is 0 Å². The zero-order valence-electron chi connectivity index (χ0n) is 17.8. The molecule has 1 spiro atoms. The van der Waals surface area contributed by atoms with E-state index in [1.165, 1.54) is 22.8 Å². The number of fused-ring (bicyclic) bond motifs is 7. The average molecular weight is 445 g/mol. The molecule has 2 atom stereocenters. The number of thiophene rings is 1. The van der Waals surface area contributed by atoms with Gasteiger partial charge in [-0.05, 0) is 59.0 Å². The first-order chi connectivity index (χ1) is 15.7. The Labute approximate surface area is 190 Å². The Morgan fingerprint density at radius 1 is 0.938 bits per heavy atom. The van der Waals surface area contributed by atoms with Crippen LogP contribution in [-0.4, -0.2) is 11.6 Å². The maximum absolute atomic E-state index is 13.4. The van der Waals surface area contributed by atoms with Gasteiger partial charge in [-0.25, -0.2) is 4.79 Å². The molecule has 32 heavy (non-hydrogen) atoms. The molecule has 5 heteroatoms. The molecule has 4 nitrogen and oxygen atoms in total. The number of carbonyl (C=O) groups excluding carboxylic acids is 1. The number of rotatable bonds is 1. The van der Waals surface area contributed by atoms with E-state index < -0.39 is 17.5 Å². The lowest BCUT2D eigenvalue weighted by atomic mass is 9.76. The van der Waals surface area contributed by atoms with Crippen LogP contribution in [0.25, 0.3) is 10.8 Å². The highest BCUT2D eigenvalue weighted by Crippen LogP contribution is 2.56. The van der Waals surface area contributed by atoms with E-state index in [4.69, 9.17) is 14.2 Å². The van der Waals surface area contributed by atoms with Gasteiger partial charge < -0.3 is 14.2 Å². The first kappa shape index (κ1) is 18.9. The van der Waals surface area contributed by atoms with Crippen LogP contribution in [0.15, 0.2) is 64.6 Å². The molecule has 162 valence electrons. The smallest absolute Gasteiger partial charge is 0.341 e. The molecule has 7 rings (SSSR count). The molecule has 1 aliphatic carbocycles. The molecule has 3 aromatic rings. The van der Waals surface area contributed by atoms with Gasteiger partial charge >= 0.3 is 5.97 Å². The Morgan fingerprint density at radius 2 is 1.81 bits per heavy atom. The van der Waals surface area contributed by atoms with Crippen LogP contribution in [0.5, 0.6) is 0 Å². The van der Waals surface area contributed by atoms with Crippen LogP contribution in [0.2, 0.25) is 0 Å². The van der Waals surface area contributed by atoms with Crippen LogP contribution >= 0.6 is 11.3 Å². The highest BCUT2D eigenvalue weighted by molar-refractivity contribution is 7.08. The summed E-state index contributed by atoms with van der Waals surface area (Å²) in [5.41, 5.74) is 3.42. The lowest BCUT2D eigenvalue weighted by Gasteiger charge is -2.51. The van der Waals surface area contributed by atoms with Crippen LogP contribution in [-0.2, 0) is 31.2 Å². The van der Waals surface area contributed by atoms with Crippen LogP contribution in [0.3, 0.4) is 0 Å². The summed E-state index contributed by atoms with van der Waals surface area (Å²) in [6, 6.07) is 14.7. The molecule has 0 radical (unpaired) electrons. The van der Waals surface area contributed by atoms with E-state index in [-0.39, 0.29) is 5.97 Å². The van der Waals surface area contributed by atoms with Gasteiger partial charge in [0.1, 0.15) is 23.0 Å². The van der Waals surface area contributed by atoms with Gasteiger partial charge in [-0.1, -0.05) is 42.8 Å². The SMILES string of the molecule is O=C1OC2(CCCCC2)CC2=C1C1O[C@](c3ccsc3)(Cc3c1ccc1ccccc31)O2. The first-order valence-corrected chi connectivity index (χ1v) is 12.5. The second kappa shape index (κ2) is 6.69. The Morgan fingerprint density at radius 3 is 2.66 bits per heavy atom. The molecule has 2 aromatic carbocycles. The summed E-state index contributed by atoms with van der Waals surface area (Å²) in [5, 5.41) is 6.55. The van der Waals surface area contributed by atoms with E-state index in [1.54, 1.807) is 11.3 Å². The van der Waals surface area contributed by atoms with Crippen LogP contribution < -0.4 is 0 Å². The number of carbonyl (C=O) groups is 1. The summed E-state index contributed by atoms with van der Waals surface area (Å²) in [4.78, 5) is 13.4. The number of ether oxygens (including phenoxy) is 3. The van der Waals surface area contributed by atoms with Crippen molar-refractivity contribution in [3.8, 4) is 0 Å². The van der Waals surface area contributed by atoms with Crippen molar-refractivity contribution in [3.63, 3.8) is 0 Å². The lowest BCUT2D eigenvalue weighted by molar-refractivity contribution is -0.277. The number of esters is 1. The maximum Gasteiger partial charge on any atom is 0.341 e. The molecule has 3 aliphatic heterocycles. The zero-order valence-corrected chi connectivity index (χ0v) is 18.6. The molecule has 4 heterocycles. The van der Waals surface area contributed by atoms with E-state index in [1.807, 2.05) is 0 Å². The predicted molar refractivity (Wildman–Crippen MR) is 122 cm³/mol. The largest absolute Gasteiger partial charge is 0.461 e. The highest BCUT2D eigenvalue weighted by atomic mass is 32.1. The van der Waals surface area contributed by atoms with Crippen molar-refractivity contribution in [2.75, 3.05) is 0 Å². The monoisotopic (exact) mass is 444 g/mol. The maximum atomic E-state index is 13.4. The van der Waals surface area contributed by atoms with E-state index >= 15 is 0 Å².